The number of nitrogens with one attached hydrogen (secondary N) is 2. The van der Waals surface area contributed by atoms with Gasteiger partial charge in [0.05, 0.1) is 16.8 Å². The highest BCUT2D eigenvalue weighted by molar-refractivity contribution is 7.80. The second-order valence-electron chi connectivity index (χ2n) is 8.25. The Morgan fingerprint density at radius 2 is 1.35 bits per heavy atom. The number of carbonyl (C=O) groups is 3. The van der Waals surface area contributed by atoms with Crippen molar-refractivity contribution in [3.8, 4) is 5.75 Å². The molecule has 0 spiro atoms. The fourth-order valence-electron chi connectivity index (χ4n) is 3.90. The Balaban J connectivity index is 1.15. The quantitative estimate of drug-likeness (QED) is 0.276. The van der Waals surface area contributed by atoms with Crippen molar-refractivity contribution >= 4 is 46.4 Å². The lowest BCUT2D eigenvalue weighted by molar-refractivity contribution is 0.0923. The van der Waals surface area contributed by atoms with Gasteiger partial charge in [-0.1, -0.05) is 42.5 Å². The van der Waals surface area contributed by atoms with E-state index in [2.05, 4.69) is 10.6 Å². The predicted octanol–water partition coefficient (Wildman–Crippen LogP) is 5.19. The highest BCUT2D eigenvalue weighted by Gasteiger charge is 2.36. The maximum Gasteiger partial charge on any atom is 0.266 e. The van der Waals surface area contributed by atoms with Crippen molar-refractivity contribution in [3.05, 3.63) is 125 Å². The van der Waals surface area contributed by atoms with Gasteiger partial charge in [-0.25, -0.2) is 4.90 Å². The summed E-state index contributed by atoms with van der Waals surface area (Å²) in [6, 6.07) is 30.0. The summed E-state index contributed by atoms with van der Waals surface area (Å²) in [5.74, 6) is -0.435. The van der Waals surface area contributed by atoms with Crippen molar-refractivity contribution in [2.24, 2.45) is 0 Å². The molecular formula is C29H21N3O4S. The molecule has 182 valence electrons. The monoisotopic (exact) mass is 507 g/mol. The Labute approximate surface area is 218 Å². The molecule has 0 bridgehead atoms. The van der Waals surface area contributed by atoms with Gasteiger partial charge in [-0.15, -0.1) is 0 Å². The molecule has 7 nitrogen and oxygen atoms in total. The molecule has 8 heteroatoms. The number of hydrogen-bond acceptors (Lipinski definition) is 5. The van der Waals surface area contributed by atoms with E-state index in [0.717, 1.165) is 10.5 Å². The van der Waals surface area contributed by atoms with Gasteiger partial charge in [0.25, 0.3) is 17.7 Å². The van der Waals surface area contributed by atoms with Gasteiger partial charge < -0.3 is 10.1 Å². The average molecular weight is 508 g/mol. The summed E-state index contributed by atoms with van der Waals surface area (Å²) >= 11 is 5.27. The first-order chi connectivity index (χ1) is 18.0. The molecule has 0 fully saturated rings. The van der Waals surface area contributed by atoms with Crippen LogP contribution in [0.25, 0.3) is 0 Å². The topological polar surface area (TPSA) is 87.7 Å². The van der Waals surface area contributed by atoms with E-state index in [1.165, 1.54) is 0 Å². The fourth-order valence-corrected chi connectivity index (χ4v) is 4.11. The van der Waals surface area contributed by atoms with E-state index in [4.69, 9.17) is 17.0 Å². The highest BCUT2D eigenvalue weighted by atomic mass is 32.1. The minimum absolute atomic E-state index is 0.114. The van der Waals surface area contributed by atoms with E-state index in [9.17, 15) is 14.4 Å². The lowest BCUT2D eigenvalue weighted by atomic mass is 10.1. The van der Waals surface area contributed by atoms with Gasteiger partial charge >= 0.3 is 0 Å². The molecule has 0 unspecified atom stereocenters. The predicted molar refractivity (Wildman–Crippen MR) is 145 cm³/mol. The summed E-state index contributed by atoms with van der Waals surface area (Å²) in [4.78, 5) is 39.0. The van der Waals surface area contributed by atoms with Gasteiger partial charge in [0.15, 0.2) is 5.11 Å². The van der Waals surface area contributed by atoms with Crippen LogP contribution in [0.2, 0.25) is 0 Å². The normalized spacial score (nSPS) is 12.2. The van der Waals surface area contributed by atoms with E-state index in [-0.39, 0.29) is 22.8 Å². The van der Waals surface area contributed by atoms with E-state index in [1.54, 1.807) is 72.8 Å². The van der Waals surface area contributed by atoms with Crippen molar-refractivity contribution < 1.29 is 19.1 Å². The molecule has 2 N–H and O–H groups in total. The molecule has 0 atom stereocenters. The van der Waals surface area contributed by atoms with Gasteiger partial charge in [0.2, 0.25) is 0 Å². The van der Waals surface area contributed by atoms with Crippen molar-refractivity contribution in [1.82, 2.24) is 5.32 Å². The zero-order valence-electron chi connectivity index (χ0n) is 19.5. The van der Waals surface area contributed by atoms with E-state index >= 15 is 0 Å². The Kier molecular flexibility index (Phi) is 6.74. The number of nitrogens with zero attached hydrogens (tertiary/aromatic N) is 1. The molecule has 0 aliphatic carbocycles. The molecule has 0 radical (unpaired) electrons. The number of benzene rings is 4. The lowest BCUT2D eigenvalue weighted by Gasteiger charge is -2.15. The molecule has 0 saturated heterocycles. The molecular weight excluding hydrogens is 486 g/mol. The Morgan fingerprint density at radius 3 is 1.97 bits per heavy atom. The molecule has 0 aromatic heterocycles. The van der Waals surface area contributed by atoms with Crippen LogP contribution in [0.15, 0.2) is 103 Å². The van der Waals surface area contributed by atoms with Crippen LogP contribution < -0.4 is 20.3 Å². The van der Waals surface area contributed by atoms with Crippen LogP contribution >= 0.6 is 12.2 Å². The number of amides is 3. The summed E-state index contributed by atoms with van der Waals surface area (Å²) in [5.41, 5.74) is 3.29. The summed E-state index contributed by atoms with van der Waals surface area (Å²) in [7, 11) is 0. The zero-order chi connectivity index (χ0) is 25.8. The number of carbonyl (C=O) groups excluding carboxylic acids is 3. The Hall–Kier alpha value is -4.82. The van der Waals surface area contributed by atoms with Crippen molar-refractivity contribution in [1.29, 1.82) is 0 Å². The zero-order valence-corrected chi connectivity index (χ0v) is 20.3. The van der Waals surface area contributed by atoms with Crippen LogP contribution in [-0.4, -0.2) is 22.8 Å². The summed E-state index contributed by atoms with van der Waals surface area (Å²) in [6.07, 6.45) is 0. The third-order valence-electron chi connectivity index (χ3n) is 5.77. The first-order valence-corrected chi connectivity index (χ1v) is 11.9. The molecule has 4 aromatic carbocycles. The molecule has 1 heterocycles. The van der Waals surface area contributed by atoms with Gasteiger partial charge in [0, 0.05) is 11.3 Å². The van der Waals surface area contributed by atoms with Gasteiger partial charge in [0.1, 0.15) is 12.4 Å². The number of fused-ring (bicyclic) bond motifs is 1. The van der Waals surface area contributed by atoms with Crippen LogP contribution in [0.1, 0.15) is 36.6 Å². The standard InChI is InChI=1S/C29H21N3O4S/c33-26(20-10-16-23(17-11-20)36-18-19-6-2-1-3-7-19)31-29(37)30-21-12-14-22(15-13-21)32-27(34)24-8-4-5-9-25(24)28(32)35/h1-17H,18H2,(H2,30,31,33,37). The van der Waals surface area contributed by atoms with Gasteiger partial charge in [-0.3, -0.25) is 19.7 Å². The second kappa shape index (κ2) is 10.4. The fraction of sp³-hybridized carbons (Fsp3) is 0.0345. The molecule has 0 saturated carbocycles. The first-order valence-electron chi connectivity index (χ1n) is 11.5. The van der Waals surface area contributed by atoms with Crippen molar-refractivity contribution in [2.75, 3.05) is 10.2 Å². The number of imide groups is 1. The van der Waals surface area contributed by atoms with E-state index < -0.39 is 0 Å². The van der Waals surface area contributed by atoms with Crippen molar-refractivity contribution in [3.63, 3.8) is 0 Å². The second-order valence-corrected chi connectivity index (χ2v) is 8.65. The molecule has 1 aliphatic rings. The SMILES string of the molecule is O=C(NC(=S)Nc1ccc(N2C(=O)c3ccccc3C2=O)cc1)c1ccc(OCc2ccccc2)cc1. The minimum atomic E-state index is -0.366. The van der Waals surface area contributed by atoms with Gasteiger partial charge in [-0.2, -0.15) is 0 Å². The first kappa shape index (κ1) is 23.9. The van der Waals surface area contributed by atoms with Crippen LogP contribution in [0.4, 0.5) is 11.4 Å². The smallest absolute Gasteiger partial charge is 0.266 e. The van der Waals surface area contributed by atoms with Crippen molar-refractivity contribution in [2.45, 2.75) is 6.61 Å². The molecule has 5 rings (SSSR count). The largest absolute Gasteiger partial charge is 0.489 e. The number of rotatable bonds is 6. The molecule has 3 amide bonds. The van der Waals surface area contributed by atoms with Crippen LogP contribution in [-0.2, 0) is 6.61 Å². The maximum atomic E-state index is 12.7. The minimum Gasteiger partial charge on any atom is -0.489 e. The summed E-state index contributed by atoms with van der Waals surface area (Å²) in [6.45, 7) is 0.437. The third-order valence-corrected chi connectivity index (χ3v) is 5.97. The van der Waals surface area contributed by atoms with Crippen LogP contribution in [0.3, 0.4) is 0 Å². The Bertz CT molecular complexity index is 1450. The maximum absolute atomic E-state index is 12.7. The summed E-state index contributed by atoms with van der Waals surface area (Å²) < 4.78 is 5.75. The van der Waals surface area contributed by atoms with Crippen LogP contribution in [0, 0.1) is 0 Å². The van der Waals surface area contributed by atoms with Crippen LogP contribution in [0.5, 0.6) is 5.75 Å². The molecule has 37 heavy (non-hydrogen) atoms. The molecule has 1 aliphatic heterocycles. The highest BCUT2D eigenvalue weighted by Crippen LogP contribution is 2.29. The number of anilines is 2. The molecule has 4 aromatic rings. The number of hydrogen-bond donors (Lipinski definition) is 2. The average Bonchev–Trinajstić information content (AvgIpc) is 3.18. The Morgan fingerprint density at radius 1 is 0.757 bits per heavy atom. The number of ether oxygens (including phenoxy) is 1. The van der Waals surface area contributed by atoms with E-state index in [1.807, 2.05) is 30.3 Å². The third kappa shape index (κ3) is 5.24. The lowest BCUT2D eigenvalue weighted by Crippen LogP contribution is -2.34. The summed E-state index contributed by atoms with van der Waals surface area (Å²) in [5, 5.41) is 5.69. The van der Waals surface area contributed by atoms with Gasteiger partial charge in [-0.05, 0) is 78.4 Å². The van der Waals surface area contributed by atoms with E-state index in [0.29, 0.717) is 40.4 Å². The number of thiocarbonyl (C=S) groups is 1.